The molecule has 0 aliphatic rings. The molecule has 0 aromatic heterocycles. The van der Waals surface area contributed by atoms with Crippen molar-refractivity contribution in [3.8, 4) is 0 Å². The first kappa shape index (κ1) is 14.5. The lowest BCUT2D eigenvalue weighted by Gasteiger charge is -2.33. The molecule has 0 rings (SSSR count). The maximum atomic E-state index is 10.5. The third kappa shape index (κ3) is 5.81. The molecular formula is C13H26O2. The molecule has 15 heavy (non-hydrogen) atoms. The molecule has 0 spiro atoms. The summed E-state index contributed by atoms with van der Waals surface area (Å²) < 4.78 is 0. The predicted molar refractivity (Wildman–Crippen MR) is 64.0 cm³/mol. The molecule has 0 heterocycles. The number of aliphatic carboxylic acids is 1. The highest BCUT2D eigenvalue weighted by Gasteiger charge is 2.26. The molecule has 0 aliphatic heterocycles. The Hall–Kier alpha value is -0.530. The fourth-order valence-corrected chi connectivity index (χ4v) is 2.47. The van der Waals surface area contributed by atoms with Gasteiger partial charge in [0.15, 0.2) is 0 Å². The van der Waals surface area contributed by atoms with Crippen molar-refractivity contribution in [3.05, 3.63) is 0 Å². The van der Waals surface area contributed by atoms with E-state index in [1.807, 2.05) is 0 Å². The summed E-state index contributed by atoms with van der Waals surface area (Å²) in [6, 6.07) is 0. The normalized spacial score (nSPS) is 12.1. The van der Waals surface area contributed by atoms with Crippen LogP contribution in [0.2, 0.25) is 0 Å². The summed E-state index contributed by atoms with van der Waals surface area (Å²) in [5, 5.41) is 8.64. The van der Waals surface area contributed by atoms with Gasteiger partial charge in [0, 0.05) is 6.42 Å². The van der Waals surface area contributed by atoms with Gasteiger partial charge >= 0.3 is 5.97 Å². The minimum atomic E-state index is -0.666. The van der Waals surface area contributed by atoms with Gasteiger partial charge in [-0.25, -0.2) is 0 Å². The minimum Gasteiger partial charge on any atom is -0.481 e. The Labute approximate surface area is 94.1 Å². The van der Waals surface area contributed by atoms with Crippen molar-refractivity contribution >= 4 is 5.97 Å². The monoisotopic (exact) mass is 214 g/mol. The molecule has 0 aromatic rings. The lowest BCUT2D eigenvalue weighted by Crippen LogP contribution is -2.21. The summed E-state index contributed by atoms with van der Waals surface area (Å²) in [5.74, 6) is 0.0374. The smallest absolute Gasteiger partial charge is 0.303 e. The molecule has 0 bridgehead atoms. The SMILES string of the molecule is CCC(CC)(CCCC(=O)O)CC(C)C. The molecule has 0 aromatic carbocycles. The van der Waals surface area contributed by atoms with Gasteiger partial charge < -0.3 is 5.11 Å². The second-order valence-electron chi connectivity index (χ2n) is 5.05. The quantitative estimate of drug-likeness (QED) is 0.660. The van der Waals surface area contributed by atoms with Crippen molar-refractivity contribution in [2.75, 3.05) is 0 Å². The summed E-state index contributed by atoms with van der Waals surface area (Å²) in [6.45, 7) is 8.95. The van der Waals surface area contributed by atoms with Gasteiger partial charge in [-0.15, -0.1) is 0 Å². The van der Waals surface area contributed by atoms with Crippen LogP contribution in [0.25, 0.3) is 0 Å². The van der Waals surface area contributed by atoms with Crippen LogP contribution < -0.4 is 0 Å². The first-order chi connectivity index (χ1) is 6.95. The standard InChI is InChI=1S/C13H26O2/c1-5-13(6-2,10-11(3)4)9-7-8-12(14)15/h11H,5-10H2,1-4H3,(H,14,15). The van der Waals surface area contributed by atoms with Gasteiger partial charge in [-0.1, -0.05) is 40.5 Å². The van der Waals surface area contributed by atoms with E-state index in [0.717, 1.165) is 12.8 Å². The first-order valence-electron chi connectivity index (χ1n) is 6.17. The van der Waals surface area contributed by atoms with Gasteiger partial charge in [0.1, 0.15) is 0 Å². The fourth-order valence-electron chi connectivity index (χ4n) is 2.47. The molecule has 0 saturated heterocycles. The van der Waals surface area contributed by atoms with E-state index in [4.69, 9.17) is 5.11 Å². The molecule has 0 atom stereocenters. The van der Waals surface area contributed by atoms with Crippen LogP contribution in [0.1, 0.15) is 66.2 Å². The van der Waals surface area contributed by atoms with Crippen LogP contribution in [0.4, 0.5) is 0 Å². The van der Waals surface area contributed by atoms with E-state index in [0.29, 0.717) is 17.8 Å². The van der Waals surface area contributed by atoms with Gasteiger partial charge in [0.25, 0.3) is 0 Å². The highest BCUT2D eigenvalue weighted by Crippen LogP contribution is 2.38. The van der Waals surface area contributed by atoms with Crippen molar-refractivity contribution < 1.29 is 9.90 Å². The van der Waals surface area contributed by atoms with E-state index < -0.39 is 5.97 Å². The molecule has 0 fully saturated rings. The van der Waals surface area contributed by atoms with Crippen LogP contribution in [0.5, 0.6) is 0 Å². The third-order valence-electron chi connectivity index (χ3n) is 3.44. The Morgan fingerprint density at radius 1 is 1.27 bits per heavy atom. The van der Waals surface area contributed by atoms with E-state index in [1.54, 1.807) is 0 Å². The maximum absolute atomic E-state index is 10.5. The Bertz CT molecular complexity index is 181. The largest absolute Gasteiger partial charge is 0.481 e. The molecule has 0 aliphatic carbocycles. The number of hydrogen-bond acceptors (Lipinski definition) is 1. The number of carbonyl (C=O) groups is 1. The molecule has 1 N–H and O–H groups in total. The van der Waals surface area contributed by atoms with E-state index in [-0.39, 0.29) is 0 Å². The minimum absolute atomic E-state index is 0.319. The summed E-state index contributed by atoms with van der Waals surface area (Å²) >= 11 is 0. The topological polar surface area (TPSA) is 37.3 Å². The van der Waals surface area contributed by atoms with Crippen LogP contribution in [0.15, 0.2) is 0 Å². The van der Waals surface area contributed by atoms with Crippen molar-refractivity contribution in [1.29, 1.82) is 0 Å². The summed E-state index contributed by atoms with van der Waals surface area (Å²) in [5.41, 5.74) is 0.379. The van der Waals surface area contributed by atoms with Crippen molar-refractivity contribution in [3.63, 3.8) is 0 Å². The van der Waals surface area contributed by atoms with Gasteiger partial charge in [-0.05, 0) is 30.6 Å². The molecule has 90 valence electrons. The Morgan fingerprint density at radius 2 is 1.80 bits per heavy atom. The lowest BCUT2D eigenvalue weighted by atomic mass is 9.72. The molecule has 0 radical (unpaired) electrons. The zero-order chi connectivity index (χ0) is 11.9. The van der Waals surface area contributed by atoms with Gasteiger partial charge in [-0.3, -0.25) is 4.79 Å². The Kier molecular flexibility index (Phi) is 6.62. The van der Waals surface area contributed by atoms with E-state index >= 15 is 0 Å². The van der Waals surface area contributed by atoms with Crippen LogP contribution in [0, 0.1) is 11.3 Å². The van der Waals surface area contributed by atoms with Gasteiger partial charge in [0.2, 0.25) is 0 Å². The Balaban J connectivity index is 4.17. The van der Waals surface area contributed by atoms with Crippen molar-refractivity contribution in [2.45, 2.75) is 66.2 Å². The van der Waals surface area contributed by atoms with E-state index in [9.17, 15) is 4.79 Å². The van der Waals surface area contributed by atoms with E-state index in [2.05, 4.69) is 27.7 Å². The van der Waals surface area contributed by atoms with Gasteiger partial charge in [0.05, 0.1) is 0 Å². The summed E-state index contributed by atoms with van der Waals surface area (Å²) in [7, 11) is 0. The van der Waals surface area contributed by atoms with Crippen molar-refractivity contribution in [2.24, 2.45) is 11.3 Å². The van der Waals surface area contributed by atoms with Crippen LogP contribution in [-0.4, -0.2) is 11.1 Å². The highest BCUT2D eigenvalue weighted by molar-refractivity contribution is 5.66. The zero-order valence-corrected chi connectivity index (χ0v) is 10.7. The molecule has 0 saturated carbocycles. The van der Waals surface area contributed by atoms with Crippen LogP contribution in [-0.2, 0) is 4.79 Å². The molecule has 0 unspecified atom stereocenters. The lowest BCUT2D eigenvalue weighted by molar-refractivity contribution is -0.137. The average molecular weight is 214 g/mol. The van der Waals surface area contributed by atoms with E-state index in [1.165, 1.54) is 19.3 Å². The molecule has 2 nitrogen and oxygen atoms in total. The predicted octanol–water partition coefficient (Wildman–Crippen LogP) is 4.09. The van der Waals surface area contributed by atoms with Gasteiger partial charge in [-0.2, -0.15) is 0 Å². The number of rotatable bonds is 8. The van der Waals surface area contributed by atoms with Crippen LogP contribution in [0.3, 0.4) is 0 Å². The second-order valence-corrected chi connectivity index (χ2v) is 5.05. The molecule has 2 heteroatoms. The number of hydrogen-bond donors (Lipinski definition) is 1. The average Bonchev–Trinajstić information content (AvgIpc) is 2.15. The zero-order valence-electron chi connectivity index (χ0n) is 10.7. The second kappa shape index (κ2) is 6.86. The fraction of sp³-hybridized carbons (Fsp3) is 0.923. The highest BCUT2D eigenvalue weighted by atomic mass is 16.4. The van der Waals surface area contributed by atoms with Crippen molar-refractivity contribution in [1.82, 2.24) is 0 Å². The summed E-state index contributed by atoms with van der Waals surface area (Å²) in [4.78, 5) is 10.5. The molecule has 0 amide bonds. The number of carboxylic acids is 1. The third-order valence-corrected chi connectivity index (χ3v) is 3.44. The summed E-state index contributed by atoms with van der Waals surface area (Å²) in [6.07, 6.45) is 5.76. The Morgan fingerprint density at radius 3 is 2.13 bits per heavy atom. The maximum Gasteiger partial charge on any atom is 0.303 e. The molecular weight excluding hydrogens is 188 g/mol. The first-order valence-corrected chi connectivity index (χ1v) is 6.17. The van der Waals surface area contributed by atoms with Crippen LogP contribution >= 0.6 is 0 Å². The number of carboxylic acid groups (broad SMARTS) is 1.